The predicted octanol–water partition coefficient (Wildman–Crippen LogP) is 1.03. The Kier molecular flexibility index (Phi) is 8.59. The second-order valence-corrected chi connectivity index (χ2v) is 5.24. The van der Waals surface area contributed by atoms with Crippen molar-refractivity contribution in [3.05, 3.63) is 0 Å². The first-order valence-corrected chi connectivity index (χ1v) is 7.49. The summed E-state index contributed by atoms with van der Waals surface area (Å²) in [6, 6.07) is 0. The van der Waals surface area contributed by atoms with Crippen molar-refractivity contribution < 1.29 is 4.74 Å². The maximum atomic E-state index is 5.81. The molecule has 0 amide bonds. The highest BCUT2D eigenvalue weighted by molar-refractivity contribution is 4.73. The molecule has 4 nitrogen and oxygen atoms in total. The normalized spacial score (nSPS) is 21.7. The lowest BCUT2D eigenvalue weighted by molar-refractivity contribution is -0.0330. The van der Waals surface area contributed by atoms with E-state index in [9.17, 15) is 0 Å². The molecule has 1 atom stereocenters. The van der Waals surface area contributed by atoms with Crippen LogP contribution in [-0.4, -0.2) is 75.4 Å². The number of morpholine rings is 1. The molecule has 0 radical (unpaired) electrons. The smallest absolute Gasteiger partial charge is 0.0714 e. The van der Waals surface area contributed by atoms with Crippen LogP contribution in [-0.2, 0) is 4.74 Å². The Bertz CT molecular complexity index is 201. The average molecular weight is 257 g/mol. The summed E-state index contributed by atoms with van der Waals surface area (Å²) in [4.78, 5) is 4.97. The standard InChI is InChI=1S/C14H31N3O/c1-4-8-16(3)9-10-17-11-12-18-14(13-17)6-7-15-5-2/h14-15H,4-13H2,1-3H3. The lowest BCUT2D eigenvalue weighted by Gasteiger charge is -2.34. The topological polar surface area (TPSA) is 27.7 Å². The fourth-order valence-corrected chi connectivity index (χ4v) is 2.40. The van der Waals surface area contributed by atoms with E-state index in [4.69, 9.17) is 4.74 Å². The van der Waals surface area contributed by atoms with Gasteiger partial charge in [-0.25, -0.2) is 0 Å². The van der Waals surface area contributed by atoms with Gasteiger partial charge < -0.3 is 15.0 Å². The van der Waals surface area contributed by atoms with Crippen molar-refractivity contribution in [1.29, 1.82) is 0 Å². The Labute approximate surface area is 113 Å². The third kappa shape index (κ3) is 6.69. The zero-order valence-corrected chi connectivity index (χ0v) is 12.5. The number of nitrogens with zero attached hydrogens (tertiary/aromatic N) is 2. The van der Waals surface area contributed by atoms with Crippen molar-refractivity contribution in [2.45, 2.75) is 32.8 Å². The van der Waals surface area contributed by atoms with Crippen LogP contribution in [0.2, 0.25) is 0 Å². The third-order valence-electron chi connectivity index (χ3n) is 3.52. The van der Waals surface area contributed by atoms with Gasteiger partial charge in [-0.3, -0.25) is 4.90 Å². The monoisotopic (exact) mass is 257 g/mol. The summed E-state index contributed by atoms with van der Waals surface area (Å²) in [7, 11) is 2.21. The molecule has 1 aliphatic heterocycles. The SMILES string of the molecule is CCCN(C)CCN1CCOC(CCNCC)C1. The molecule has 1 heterocycles. The van der Waals surface area contributed by atoms with Gasteiger partial charge in [0.05, 0.1) is 12.7 Å². The number of hydrogen-bond acceptors (Lipinski definition) is 4. The van der Waals surface area contributed by atoms with Gasteiger partial charge in [-0.15, -0.1) is 0 Å². The molecule has 1 rings (SSSR count). The lowest BCUT2D eigenvalue weighted by Crippen LogP contribution is -2.46. The van der Waals surface area contributed by atoms with Crippen molar-refractivity contribution in [1.82, 2.24) is 15.1 Å². The van der Waals surface area contributed by atoms with Crippen LogP contribution in [0, 0.1) is 0 Å². The Balaban J connectivity index is 2.14. The van der Waals surface area contributed by atoms with E-state index >= 15 is 0 Å². The number of rotatable bonds is 9. The Morgan fingerprint density at radius 1 is 1.33 bits per heavy atom. The van der Waals surface area contributed by atoms with Gasteiger partial charge in [0.2, 0.25) is 0 Å². The largest absolute Gasteiger partial charge is 0.376 e. The molecule has 0 aliphatic carbocycles. The molecule has 1 fully saturated rings. The summed E-state index contributed by atoms with van der Waals surface area (Å²) in [6.07, 6.45) is 2.80. The van der Waals surface area contributed by atoms with Crippen LogP contribution in [0.15, 0.2) is 0 Å². The molecule has 1 unspecified atom stereocenters. The van der Waals surface area contributed by atoms with E-state index in [1.54, 1.807) is 0 Å². The first-order valence-electron chi connectivity index (χ1n) is 7.49. The molecule has 0 aromatic heterocycles. The fraction of sp³-hybridized carbons (Fsp3) is 1.00. The molecule has 1 saturated heterocycles. The Hall–Kier alpha value is -0.160. The molecule has 108 valence electrons. The van der Waals surface area contributed by atoms with Gasteiger partial charge in [0.1, 0.15) is 0 Å². The van der Waals surface area contributed by atoms with E-state index < -0.39 is 0 Å². The quantitative estimate of drug-likeness (QED) is 0.624. The molecule has 0 spiro atoms. The molecule has 0 saturated carbocycles. The Morgan fingerprint density at radius 3 is 2.89 bits per heavy atom. The molecule has 0 bridgehead atoms. The number of nitrogens with one attached hydrogen (secondary N) is 1. The van der Waals surface area contributed by atoms with Gasteiger partial charge in [0.25, 0.3) is 0 Å². The van der Waals surface area contributed by atoms with Gasteiger partial charge in [-0.1, -0.05) is 13.8 Å². The van der Waals surface area contributed by atoms with E-state index in [2.05, 4.69) is 36.0 Å². The van der Waals surface area contributed by atoms with Crippen LogP contribution < -0.4 is 5.32 Å². The van der Waals surface area contributed by atoms with Crippen LogP contribution in [0.5, 0.6) is 0 Å². The highest BCUT2D eigenvalue weighted by atomic mass is 16.5. The zero-order chi connectivity index (χ0) is 13.2. The molecular weight excluding hydrogens is 226 g/mol. The number of hydrogen-bond donors (Lipinski definition) is 1. The molecule has 0 aromatic carbocycles. The van der Waals surface area contributed by atoms with Crippen LogP contribution in [0.25, 0.3) is 0 Å². The van der Waals surface area contributed by atoms with Gasteiger partial charge >= 0.3 is 0 Å². The summed E-state index contributed by atoms with van der Waals surface area (Å²) >= 11 is 0. The van der Waals surface area contributed by atoms with Crippen molar-refractivity contribution in [2.75, 3.05) is 59.5 Å². The summed E-state index contributed by atoms with van der Waals surface area (Å²) in [5, 5.41) is 3.37. The number of likely N-dealkylation sites (N-methyl/N-ethyl adjacent to an activating group) is 1. The molecular formula is C14H31N3O. The predicted molar refractivity (Wildman–Crippen MR) is 77.1 cm³/mol. The van der Waals surface area contributed by atoms with E-state index in [0.717, 1.165) is 39.2 Å². The second-order valence-electron chi connectivity index (χ2n) is 5.24. The minimum atomic E-state index is 0.425. The van der Waals surface area contributed by atoms with E-state index in [0.29, 0.717) is 6.10 Å². The van der Waals surface area contributed by atoms with Crippen LogP contribution in [0.1, 0.15) is 26.7 Å². The van der Waals surface area contributed by atoms with Crippen LogP contribution >= 0.6 is 0 Å². The highest BCUT2D eigenvalue weighted by Crippen LogP contribution is 2.08. The summed E-state index contributed by atoms with van der Waals surface area (Å²) in [5.41, 5.74) is 0. The zero-order valence-electron chi connectivity index (χ0n) is 12.5. The van der Waals surface area contributed by atoms with E-state index in [-0.39, 0.29) is 0 Å². The molecule has 0 aromatic rings. The first kappa shape index (κ1) is 15.9. The summed E-state index contributed by atoms with van der Waals surface area (Å²) in [5.74, 6) is 0. The minimum absolute atomic E-state index is 0.425. The second kappa shape index (κ2) is 9.73. The highest BCUT2D eigenvalue weighted by Gasteiger charge is 2.19. The van der Waals surface area contributed by atoms with Crippen LogP contribution in [0.4, 0.5) is 0 Å². The summed E-state index contributed by atoms with van der Waals surface area (Å²) in [6.45, 7) is 13.2. The van der Waals surface area contributed by atoms with Crippen molar-refractivity contribution in [3.8, 4) is 0 Å². The van der Waals surface area contributed by atoms with Crippen molar-refractivity contribution in [2.24, 2.45) is 0 Å². The molecule has 18 heavy (non-hydrogen) atoms. The summed E-state index contributed by atoms with van der Waals surface area (Å²) < 4.78 is 5.81. The fourth-order valence-electron chi connectivity index (χ4n) is 2.40. The van der Waals surface area contributed by atoms with Crippen LogP contribution in [0.3, 0.4) is 0 Å². The number of ether oxygens (including phenoxy) is 1. The average Bonchev–Trinajstić information content (AvgIpc) is 2.38. The van der Waals surface area contributed by atoms with Gasteiger partial charge in [0, 0.05) is 26.2 Å². The Morgan fingerprint density at radius 2 is 2.17 bits per heavy atom. The van der Waals surface area contributed by atoms with E-state index in [1.165, 1.54) is 26.1 Å². The van der Waals surface area contributed by atoms with Crippen molar-refractivity contribution >= 4 is 0 Å². The third-order valence-corrected chi connectivity index (χ3v) is 3.52. The van der Waals surface area contributed by atoms with E-state index in [1.807, 2.05) is 0 Å². The molecule has 4 heteroatoms. The molecule has 1 N–H and O–H groups in total. The first-order chi connectivity index (χ1) is 8.76. The van der Waals surface area contributed by atoms with Gasteiger partial charge in [0.15, 0.2) is 0 Å². The minimum Gasteiger partial charge on any atom is -0.376 e. The molecule has 1 aliphatic rings. The van der Waals surface area contributed by atoms with Gasteiger partial charge in [-0.2, -0.15) is 0 Å². The maximum Gasteiger partial charge on any atom is 0.0714 e. The van der Waals surface area contributed by atoms with Crippen molar-refractivity contribution in [3.63, 3.8) is 0 Å². The lowest BCUT2D eigenvalue weighted by atomic mass is 10.2. The van der Waals surface area contributed by atoms with Gasteiger partial charge in [-0.05, 0) is 39.5 Å². The maximum absolute atomic E-state index is 5.81.